The van der Waals surface area contributed by atoms with E-state index in [0.29, 0.717) is 18.0 Å². The third-order valence-corrected chi connectivity index (χ3v) is 2.82. The number of nitrogens with one attached hydrogen (secondary N) is 2. The third kappa shape index (κ3) is 4.44. The van der Waals surface area contributed by atoms with E-state index in [2.05, 4.69) is 10.6 Å². The summed E-state index contributed by atoms with van der Waals surface area (Å²) in [6, 6.07) is 10.0. The van der Waals surface area contributed by atoms with Crippen LogP contribution in [0.25, 0.3) is 0 Å². The zero-order valence-corrected chi connectivity index (χ0v) is 12.0. The summed E-state index contributed by atoms with van der Waals surface area (Å²) >= 11 is 0. The van der Waals surface area contributed by atoms with Crippen LogP contribution in [0.5, 0.6) is 5.75 Å². The summed E-state index contributed by atoms with van der Waals surface area (Å²) in [4.78, 5) is 11.8. The van der Waals surface area contributed by atoms with Crippen molar-refractivity contribution in [2.24, 2.45) is 0 Å². The van der Waals surface area contributed by atoms with Gasteiger partial charge in [-0.3, -0.25) is 4.79 Å². The summed E-state index contributed by atoms with van der Waals surface area (Å²) in [5.74, 6) is -1.03. The van der Waals surface area contributed by atoms with Crippen molar-refractivity contribution in [3.05, 3.63) is 54.1 Å². The van der Waals surface area contributed by atoms with Gasteiger partial charge in [-0.2, -0.15) is 0 Å². The van der Waals surface area contributed by atoms with Crippen LogP contribution in [-0.2, 0) is 4.79 Å². The Morgan fingerprint density at radius 3 is 2.50 bits per heavy atom. The molecule has 0 atom stereocenters. The topological polar surface area (TPSA) is 50.4 Å². The number of anilines is 2. The van der Waals surface area contributed by atoms with Gasteiger partial charge in [0.15, 0.2) is 0 Å². The molecule has 0 saturated carbocycles. The summed E-state index contributed by atoms with van der Waals surface area (Å²) < 4.78 is 31.5. The Hall–Kier alpha value is -2.63. The van der Waals surface area contributed by atoms with Crippen molar-refractivity contribution in [2.45, 2.75) is 6.92 Å². The molecule has 0 fully saturated rings. The molecule has 0 unspecified atom stereocenters. The average molecular weight is 306 g/mol. The summed E-state index contributed by atoms with van der Waals surface area (Å²) in [5, 5.41) is 5.27. The quantitative estimate of drug-likeness (QED) is 0.860. The number of carbonyl (C=O) groups is 1. The molecule has 0 radical (unpaired) electrons. The number of amides is 1. The lowest BCUT2D eigenvalue weighted by Gasteiger charge is -2.09. The van der Waals surface area contributed by atoms with Crippen LogP contribution in [0.4, 0.5) is 20.2 Å². The van der Waals surface area contributed by atoms with E-state index < -0.39 is 11.6 Å². The molecule has 0 heterocycles. The number of ether oxygens (including phenoxy) is 1. The number of halogens is 2. The first-order valence-electron chi connectivity index (χ1n) is 6.80. The molecule has 0 saturated heterocycles. The van der Waals surface area contributed by atoms with E-state index >= 15 is 0 Å². The Morgan fingerprint density at radius 1 is 1.14 bits per heavy atom. The predicted octanol–water partition coefficient (Wildman–Crippen LogP) is 3.41. The van der Waals surface area contributed by atoms with Crippen LogP contribution in [0.1, 0.15) is 6.92 Å². The monoisotopic (exact) mass is 306 g/mol. The fraction of sp³-hybridized carbons (Fsp3) is 0.188. The Bertz CT molecular complexity index is 645. The lowest BCUT2D eigenvalue weighted by molar-refractivity contribution is -0.114. The lowest BCUT2D eigenvalue weighted by atomic mass is 10.3. The van der Waals surface area contributed by atoms with Gasteiger partial charge < -0.3 is 15.4 Å². The molecule has 2 aromatic rings. The van der Waals surface area contributed by atoms with Crippen molar-refractivity contribution in [2.75, 3.05) is 23.8 Å². The maximum absolute atomic E-state index is 13.4. The van der Waals surface area contributed by atoms with Crippen molar-refractivity contribution < 1.29 is 18.3 Å². The average Bonchev–Trinajstić information content (AvgIpc) is 2.49. The fourth-order valence-corrected chi connectivity index (χ4v) is 1.81. The van der Waals surface area contributed by atoms with E-state index in [4.69, 9.17) is 4.74 Å². The van der Waals surface area contributed by atoms with E-state index in [1.165, 1.54) is 6.07 Å². The van der Waals surface area contributed by atoms with Crippen LogP contribution >= 0.6 is 0 Å². The van der Waals surface area contributed by atoms with Crippen LogP contribution in [-0.4, -0.2) is 19.1 Å². The molecule has 4 nitrogen and oxygen atoms in total. The number of benzene rings is 2. The zero-order chi connectivity index (χ0) is 15.9. The first-order valence-corrected chi connectivity index (χ1v) is 6.80. The third-order valence-electron chi connectivity index (χ3n) is 2.82. The number of rotatable bonds is 6. The molecule has 1 amide bonds. The molecule has 22 heavy (non-hydrogen) atoms. The molecular formula is C16H16F2N2O2. The Balaban J connectivity index is 1.87. The van der Waals surface area contributed by atoms with Crippen molar-refractivity contribution >= 4 is 17.3 Å². The second kappa shape index (κ2) is 7.40. The predicted molar refractivity (Wildman–Crippen MR) is 81.1 cm³/mol. The number of hydrogen-bond donors (Lipinski definition) is 2. The van der Waals surface area contributed by atoms with Crippen molar-refractivity contribution in [1.29, 1.82) is 0 Å². The molecule has 116 valence electrons. The van der Waals surface area contributed by atoms with Crippen molar-refractivity contribution in [3.63, 3.8) is 0 Å². The Kier molecular flexibility index (Phi) is 5.30. The van der Waals surface area contributed by atoms with E-state index in [1.54, 1.807) is 24.3 Å². The first-order chi connectivity index (χ1) is 10.6. The highest BCUT2D eigenvalue weighted by Crippen LogP contribution is 2.16. The first kappa shape index (κ1) is 15.8. The Labute approximate surface area is 127 Å². The maximum atomic E-state index is 13.4. The molecule has 0 spiro atoms. The van der Waals surface area contributed by atoms with E-state index in [9.17, 15) is 13.6 Å². The van der Waals surface area contributed by atoms with Gasteiger partial charge in [-0.25, -0.2) is 8.78 Å². The van der Waals surface area contributed by atoms with Gasteiger partial charge in [-0.1, -0.05) is 0 Å². The second-order valence-electron chi connectivity index (χ2n) is 4.48. The van der Waals surface area contributed by atoms with Gasteiger partial charge in [-0.05, 0) is 43.3 Å². The lowest BCUT2D eigenvalue weighted by Crippen LogP contribution is -2.22. The molecule has 2 N–H and O–H groups in total. The molecule has 0 aliphatic heterocycles. The van der Waals surface area contributed by atoms with E-state index in [0.717, 1.165) is 12.1 Å². The highest BCUT2D eigenvalue weighted by Gasteiger charge is 2.06. The standard InChI is InChI=1S/C16H16F2N2O2/c1-2-22-13-6-4-12(5-7-13)20-16(21)10-19-15-8-3-11(17)9-14(15)18/h3-9,19H,2,10H2,1H3,(H,20,21). The minimum atomic E-state index is -0.742. The largest absolute Gasteiger partial charge is 0.494 e. The van der Waals surface area contributed by atoms with Crippen molar-refractivity contribution in [3.8, 4) is 5.75 Å². The maximum Gasteiger partial charge on any atom is 0.243 e. The second-order valence-corrected chi connectivity index (χ2v) is 4.48. The van der Waals surface area contributed by atoms with Crippen LogP contribution < -0.4 is 15.4 Å². The van der Waals surface area contributed by atoms with Crippen molar-refractivity contribution in [1.82, 2.24) is 0 Å². The zero-order valence-electron chi connectivity index (χ0n) is 12.0. The highest BCUT2D eigenvalue weighted by atomic mass is 19.1. The summed E-state index contributed by atoms with van der Waals surface area (Å²) in [7, 11) is 0. The van der Waals surface area contributed by atoms with Crippen LogP contribution in [0, 0.1) is 11.6 Å². The van der Waals surface area contributed by atoms with Gasteiger partial charge in [-0.15, -0.1) is 0 Å². The number of hydrogen-bond acceptors (Lipinski definition) is 3. The van der Waals surface area contributed by atoms with Crippen LogP contribution in [0.3, 0.4) is 0 Å². The van der Waals surface area contributed by atoms with Gasteiger partial charge in [0.05, 0.1) is 18.8 Å². The number of carbonyl (C=O) groups excluding carboxylic acids is 1. The molecular weight excluding hydrogens is 290 g/mol. The SMILES string of the molecule is CCOc1ccc(NC(=O)CNc2ccc(F)cc2F)cc1. The molecule has 0 aromatic heterocycles. The van der Waals surface area contributed by atoms with E-state index in [1.807, 2.05) is 6.92 Å². The van der Waals surface area contributed by atoms with Crippen LogP contribution in [0.2, 0.25) is 0 Å². The van der Waals surface area contributed by atoms with E-state index in [-0.39, 0.29) is 18.1 Å². The van der Waals surface area contributed by atoms with Gasteiger partial charge in [0.1, 0.15) is 17.4 Å². The molecule has 0 aliphatic carbocycles. The minimum absolute atomic E-state index is 0.0724. The summed E-state index contributed by atoms with van der Waals surface area (Å²) in [5.41, 5.74) is 0.679. The highest BCUT2D eigenvalue weighted by molar-refractivity contribution is 5.93. The van der Waals surface area contributed by atoms with Gasteiger partial charge in [0, 0.05) is 11.8 Å². The van der Waals surface area contributed by atoms with Gasteiger partial charge >= 0.3 is 0 Å². The summed E-state index contributed by atoms with van der Waals surface area (Å²) in [6.45, 7) is 2.32. The fourth-order valence-electron chi connectivity index (χ4n) is 1.81. The normalized spacial score (nSPS) is 10.1. The molecule has 6 heteroatoms. The van der Waals surface area contributed by atoms with Crippen LogP contribution in [0.15, 0.2) is 42.5 Å². The molecule has 0 bridgehead atoms. The summed E-state index contributed by atoms with van der Waals surface area (Å²) in [6.07, 6.45) is 0. The minimum Gasteiger partial charge on any atom is -0.494 e. The molecule has 2 rings (SSSR count). The van der Waals surface area contributed by atoms with Gasteiger partial charge in [0.2, 0.25) is 5.91 Å². The smallest absolute Gasteiger partial charge is 0.243 e. The molecule has 2 aromatic carbocycles. The Morgan fingerprint density at radius 2 is 1.86 bits per heavy atom. The molecule has 0 aliphatic rings. The van der Waals surface area contributed by atoms with Gasteiger partial charge in [0.25, 0.3) is 0 Å².